The van der Waals surface area contributed by atoms with E-state index in [0.29, 0.717) is 18.6 Å². The monoisotopic (exact) mass is 216 g/mol. The molecule has 0 aliphatic heterocycles. The maximum absolute atomic E-state index is 11.3. The van der Waals surface area contributed by atoms with Crippen molar-refractivity contribution in [1.29, 1.82) is 0 Å². The second-order valence-corrected chi connectivity index (χ2v) is 5.18. The Balaban J connectivity index is 1.94. The van der Waals surface area contributed by atoms with Crippen LogP contribution in [0.5, 0.6) is 0 Å². The van der Waals surface area contributed by atoms with E-state index in [1.54, 1.807) is 0 Å². The summed E-state index contributed by atoms with van der Waals surface area (Å²) in [5.74, 6) is 0.355. The summed E-state index contributed by atoms with van der Waals surface area (Å²) in [6, 6.07) is 8.13. The van der Waals surface area contributed by atoms with Crippen molar-refractivity contribution in [2.75, 3.05) is 0 Å². The number of hydrogen-bond acceptors (Lipinski definition) is 2. The third-order valence-electron chi connectivity index (χ3n) is 4.28. The van der Waals surface area contributed by atoms with Crippen LogP contribution in [0.4, 0.5) is 0 Å². The van der Waals surface area contributed by atoms with Gasteiger partial charge < -0.3 is 5.11 Å². The van der Waals surface area contributed by atoms with Gasteiger partial charge in [-0.25, -0.2) is 0 Å². The van der Waals surface area contributed by atoms with E-state index >= 15 is 0 Å². The summed E-state index contributed by atoms with van der Waals surface area (Å²) in [6.45, 7) is 0. The van der Waals surface area contributed by atoms with E-state index < -0.39 is 0 Å². The quantitative estimate of drug-likeness (QED) is 0.723. The van der Waals surface area contributed by atoms with Gasteiger partial charge in [-0.05, 0) is 30.4 Å². The predicted octanol–water partition coefficient (Wildman–Crippen LogP) is 2.41. The van der Waals surface area contributed by atoms with E-state index in [4.69, 9.17) is 0 Å². The van der Waals surface area contributed by atoms with Crippen LogP contribution in [-0.2, 0) is 11.2 Å². The lowest BCUT2D eigenvalue weighted by Gasteiger charge is -2.36. The summed E-state index contributed by atoms with van der Waals surface area (Å²) in [6.07, 6.45) is 3.56. The van der Waals surface area contributed by atoms with Crippen molar-refractivity contribution in [2.24, 2.45) is 5.41 Å². The molecule has 1 saturated carbocycles. The number of hydrogen-bond donors (Lipinski definition) is 1. The molecule has 1 aromatic rings. The van der Waals surface area contributed by atoms with E-state index in [2.05, 4.69) is 6.07 Å². The fourth-order valence-corrected chi connectivity index (χ4v) is 3.24. The summed E-state index contributed by atoms with van der Waals surface area (Å²) in [5, 5.41) is 10.4. The molecule has 1 spiro atoms. The minimum Gasteiger partial charge on any atom is -0.388 e. The Morgan fingerprint density at radius 2 is 1.88 bits per heavy atom. The van der Waals surface area contributed by atoms with E-state index in [1.165, 1.54) is 5.56 Å². The van der Waals surface area contributed by atoms with Crippen LogP contribution in [0.1, 0.15) is 42.9 Å². The normalized spacial score (nSPS) is 27.1. The minimum absolute atomic E-state index is 0.0441. The highest BCUT2D eigenvalue weighted by atomic mass is 16.3. The molecule has 0 saturated heterocycles. The number of fused-ring (bicyclic) bond motifs is 1. The predicted molar refractivity (Wildman–Crippen MR) is 61.0 cm³/mol. The topological polar surface area (TPSA) is 37.3 Å². The van der Waals surface area contributed by atoms with Crippen molar-refractivity contribution in [1.82, 2.24) is 0 Å². The molecule has 0 aromatic heterocycles. The Kier molecular flexibility index (Phi) is 2.15. The Hall–Kier alpha value is -1.15. The van der Waals surface area contributed by atoms with Crippen LogP contribution in [0.25, 0.3) is 0 Å². The second-order valence-electron chi connectivity index (χ2n) is 5.18. The Morgan fingerprint density at radius 1 is 1.19 bits per heavy atom. The molecule has 2 heteroatoms. The zero-order valence-electron chi connectivity index (χ0n) is 9.28. The van der Waals surface area contributed by atoms with Gasteiger partial charge in [0.2, 0.25) is 0 Å². The highest BCUT2D eigenvalue weighted by Crippen LogP contribution is 2.53. The Labute approximate surface area is 95.3 Å². The lowest BCUT2D eigenvalue weighted by molar-refractivity contribution is -0.124. The van der Waals surface area contributed by atoms with Crippen LogP contribution in [-0.4, -0.2) is 10.9 Å². The molecule has 1 fully saturated rings. The van der Waals surface area contributed by atoms with Gasteiger partial charge in [-0.15, -0.1) is 0 Å². The standard InChI is InChI=1S/C14H16O2/c15-11-5-7-14(8-6-11)9-10-3-1-2-4-12(10)13(14)16/h1-4,13,16H,5-9H2/t13-/m1/s1. The highest BCUT2D eigenvalue weighted by Gasteiger charge is 2.46. The molecule has 0 amide bonds. The van der Waals surface area contributed by atoms with Gasteiger partial charge in [-0.1, -0.05) is 24.3 Å². The van der Waals surface area contributed by atoms with E-state index in [1.807, 2.05) is 18.2 Å². The van der Waals surface area contributed by atoms with Crippen molar-refractivity contribution < 1.29 is 9.90 Å². The van der Waals surface area contributed by atoms with E-state index in [-0.39, 0.29) is 11.5 Å². The van der Waals surface area contributed by atoms with Gasteiger partial charge in [0.05, 0.1) is 6.10 Å². The summed E-state index contributed by atoms with van der Waals surface area (Å²) in [7, 11) is 0. The summed E-state index contributed by atoms with van der Waals surface area (Å²) >= 11 is 0. The third-order valence-corrected chi connectivity index (χ3v) is 4.28. The van der Waals surface area contributed by atoms with Gasteiger partial charge in [0.15, 0.2) is 0 Å². The van der Waals surface area contributed by atoms with Gasteiger partial charge in [0, 0.05) is 18.3 Å². The third kappa shape index (κ3) is 1.33. The average molecular weight is 216 g/mol. The Morgan fingerprint density at radius 3 is 2.56 bits per heavy atom. The molecule has 1 N–H and O–H groups in total. The molecule has 0 unspecified atom stereocenters. The van der Waals surface area contributed by atoms with Crippen molar-refractivity contribution in [3.8, 4) is 0 Å². The van der Waals surface area contributed by atoms with Crippen LogP contribution in [0, 0.1) is 5.41 Å². The maximum atomic E-state index is 11.3. The number of carbonyl (C=O) groups is 1. The number of carbonyl (C=O) groups excluding carboxylic acids is 1. The first-order chi connectivity index (χ1) is 7.71. The minimum atomic E-state index is -0.364. The first-order valence-electron chi connectivity index (χ1n) is 5.99. The van der Waals surface area contributed by atoms with Crippen LogP contribution in [0.15, 0.2) is 24.3 Å². The van der Waals surface area contributed by atoms with E-state index in [9.17, 15) is 9.90 Å². The number of aliphatic hydroxyl groups is 1. The molecule has 16 heavy (non-hydrogen) atoms. The fourth-order valence-electron chi connectivity index (χ4n) is 3.24. The first kappa shape index (κ1) is 10.0. The lowest BCUT2D eigenvalue weighted by atomic mass is 9.70. The lowest BCUT2D eigenvalue weighted by Crippen LogP contribution is -2.31. The van der Waals surface area contributed by atoms with Gasteiger partial charge >= 0.3 is 0 Å². The van der Waals surface area contributed by atoms with Crippen LogP contribution < -0.4 is 0 Å². The summed E-state index contributed by atoms with van der Waals surface area (Å²) in [4.78, 5) is 11.3. The number of aliphatic hydroxyl groups excluding tert-OH is 1. The average Bonchev–Trinajstić information content (AvgIpc) is 2.58. The number of rotatable bonds is 0. The number of ketones is 1. The molecule has 0 bridgehead atoms. The van der Waals surface area contributed by atoms with Crippen LogP contribution in [0.3, 0.4) is 0 Å². The van der Waals surface area contributed by atoms with E-state index in [0.717, 1.165) is 24.8 Å². The molecule has 2 aliphatic carbocycles. The van der Waals surface area contributed by atoms with Gasteiger partial charge in [0.25, 0.3) is 0 Å². The fraction of sp³-hybridized carbons (Fsp3) is 0.500. The maximum Gasteiger partial charge on any atom is 0.132 e. The van der Waals surface area contributed by atoms with Crippen molar-refractivity contribution in [2.45, 2.75) is 38.2 Å². The van der Waals surface area contributed by atoms with Gasteiger partial charge in [-0.2, -0.15) is 0 Å². The SMILES string of the molecule is O=C1CCC2(CC1)Cc1ccccc1[C@H]2O. The van der Waals surface area contributed by atoms with Crippen LogP contribution in [0.2, 0.25) is 0 Å². The molecule has 84 valence electrons. The molecular formula is C14H16O2. The first-order valence-corrected chi connectivity index (χ1v) is 5.99. The zero-order chi connectivity index (χ0) is 11.2. The largest absolute Gasteiger partial charge is 0.388 e. The Bertz CT molecular complexity index is 426. The molecule has 2 aliphatic rings. The molecule has 3 rings (SSSR count). The number of benzene rings is 1. The smallest absolute Gasteiger partial charge is 0.132 e. The highest BCUT2D eigenvalue weighted by molar-refractivity contribution is 5.79. The second kappa shape index (κ2) is 3.42. The zero-order valence-corrected chi connectivity index (χ0v) is 9.28. The molecule has 0 radical (unpaired) electrons. The molecule has 1 aromatic carbocycles. The van der Waals surface area contributed by atoms with Gasteiger partial charge in [-0.3, -0.25) is 4.79 Å². The molecule has 2 nitrogen and oxygen atoms in total. The number of Topliss-reactive ketones (excluding diaryl/α,β-unsaturated/α-hetero) is 1. The summed E-state index contributed by atoms with van der Waals surface area (Å²) in [5.41, 5.74) is 2.30. The van der Waals surface area contributed by atoms with Crippen molar-refractivity contribution >= 4 is 5.78 Å². The van der Waals surface area contributed by atoms with Crippen molar-refractivity contribution in [3.05, 3.63) is 35.4 Å². The summed E-state index contributed by atoms with van der Waals surface area (Å²) < 4.78 is 0. The van der Waals surface area contributed by atoms with Gasteiger partial charge in [0.1, 0.15) is 5.78 Å². The molecule has 1 atom stereocenters. The molecular weight excluding hydrogens is 200 g/mol. The van der Waals surface area contributed by atoms with Crippen molar-refractivity contribution in [3.63, 3.8) is 0 Å². The van der Waals surface area contributed by atoms with Crippen LogP contribution >= 0.6 is 0 Å². The molecule has 0 heterocycles.